The van der Waals surface area contributed by atoms with Crippen molar-refractivity contribution >= 4 is 10.0 Å². The molecule has 1 aromatic carbocycles. The summed E-state index contributed by atoms with van der Waals surface area (Å²) >= 11 is 0. The molecule has 6 nitrogen and oxygen atoms in total. The first kappa shape index (κ1) is 15.6. The molecule has 2 aliphatic heterocycles. The van der Waals surface area contributed by atoms with Gasteiger partial charge in [-0.05, 0) is 30.9 Å². The highest BCUT2D eigenvalue weighted by Crippen LogP contribution is 2.34. The molecule has 0 spiro atoms. The minimum absolute atomic E-state index is 0.255. The normalized spacial score (nSPS) is 22.5. The number of ether oxygens (including phenoxy) is 3. The van der Waals surface area contributed by atoms with E-state index in [1.807, 2.05) is 0 Å². The Morgan fingerprint density at radius 3 is 2.82 bits per heavy atom. The molecule has 2 heterocycles. The summed E-state index contributed by atoms with van der Waals surface area (Å²) in [4.78, 5) is 0.259. The second-order valence-corrected chi connectivity index (χ2v) is 7.57. The minimum atomic E-state index is -3.50. The van der Waals surface area contributed by atoms with E-state index >= 15 is 0 Å². The van der Waals surface area contributed by atoms with Gasteiger partial charge >= 0.3 is 0 Å². The van der Waals surface area contributed by atoms with E-state index in [1.54, 1.807) is 29.6 Å². The summed E-state index contributed by atoms with van der Waals surface area (Å²) in [5.74, 6) is 1.35. The summed E-state index contributed by atoms with van der Waals surface area (Å²) in [5.41, 5.74) is 0. The van der Waals surface area contributed by atoms with Gasteiger partial charge in [0.2, 0.25) is 10.0 Å². The standard InChI is InChI=1S/C15H21NO5S/c1-19-11-12-3-2-6-16(10-12)22(17,18)13-4-5-14-15(9-13)21-8-7-20-14/h4-5,9,12H,2-3,6-8,10-11H2,1H3. The molecule has 1 aromatic rings. The Morgan fingerprint density at radius 1 is 1.27 bits per heavy atom. The van der Waals surface area contributed by atoms with E-state index in [-0.39, 0.29) is 10.8 Å². The van der Waals surface area contributed by atoms with Gasteiger partial charge in [0.05, 0.1) is 11.5 Å². The number of hydrogen-bond donors (Lipinski definition) is 0. The van der Waals surface area contributed by atoms with Gasteiger partial charge in [-0.3, -0.25) is 0 Å². The Hall–Kier alpha value is -1.31. The van der Waals surface area contributed by atoms with Crippen LogP contribution in [0.4, 0.5) is 0 Å². The molecular formula is C15H21NO5S. The van der Waals surface area contributed by atoms with Gasteiger partial charge in [0.25, 0.3) is 0 Å². The predicted octanol–water partition coefficient (Wildman–Crippen LogP) is 1.50. The second-order valence-electron chi connectivity index (χ2n) is 5.63. The van der Waals surface area contributed by atoms with E-state index in [2.05, 4.69) is 0 Å². The van der Waals surface area contributed by atoms with Crippen LogP contribution in [0.15, 0.2) is 23.1 Å². The zero-order chi connectivity index (χ0) is 15.6. The summed E-state index contributed by atoms with van der Waals surface area (Å²) in [6.45, 7) is 2.58. The van der Waals surface area contributed by atoms with Crippen molar-refractivity contribution in [3.05, 3.63) is 18.2 Å². The van der Waals surface area contributed by atoms with Crippen LogP contribution in [0.25, 0.3) is 0 Å². The molecule has 0 amide bonds. The lowest BCUT2D eigenvalue weighted by Crippen LogP contribution is -2.41. The molecule has 1 saturated heterocycles. The first-order chi connectivity index (χ1) is 10.6. The number of rotatable bonds is 4. The number of benzene rings is 1. The number of methoxy groups -OCH3 is 1. The van der Waals surface area contributed by atoms with Crippen molar-refractivity contribution in [2.24, 2.45) is 5.92 Å². The van der Waals surface area contributed by atoms with Crippen LogP contribution >= 0.6 is 0 Å². The number of nitrogens with zero attached hydrogens (tertiary/aromatic N) is 1. The van der Waals surface area contributed by atoms with E-state index < -0.39 is 10.0 Å². The van der Waals surface area contributed by atoms with Crippen LogP contribution in [0.3, 0.4) is 0 Å². The maximum absolute atomic E-state index is 12.8. The zero-order valence-corrected chi connectivity index (χ0v) is 13.5. The molecule has 1 atom stereocenters. The Bertz CT molecular complexity index is 629. The van der Waals surface area contributed by atoms with Crippen LogP contribution in [-0.2, 0) is 14.8 Å². The SMILES string of the molecule is COCC1CCCN(S(=O)(=O)c2ccc3c(c2)OCCO3)C1. The molecule has 7 heteroatoms. The van der Waals surface area contributed by atoms with E-state index in [9.17, 15) is 8.42 Å². The Kier molecular flexibility index (Phi) is 4.56. The summed E-state index contributed by atoms with van der Waals surface area (Å²) in [6.07, 6.45) is 1.86. The van der Waals surface area contributed by atoms with Gasteiger partial charge in [0.1, 0.15) is 13.2 Å². The highest BCUT2D eigenvalue weighted by molar-refractivity contribution is 7.89. The van der Waals surface area contributed by atoms with Crippen LogP contribution in [0.1, 0.15) is 12.8 Å². The number of sulfonamides is 1. The van der Waals surface area contributed by atoms with Gasteiger partial charge < -0.3 is 14.2 Å². The summed E-state index contributed by atoms with van der Waals surface area (Å²) < 4.78 is 43.2. The minimum Gasteiger partial charge on any atom is -0.486 e. The van der Waals surface area contributed by atoms with Crippen LogP contribution in [0.5, 0.6) is 11.5 Å². The van der Waals surface area contributed by atoms with Crippen LogP contribution in [0.2, 0.25) is 0 Å². The third kappa shape index (κ3) is 3.06. The van der Waals surface area contributed by atoms with Gasteiger partial charge in [-0.1, -0.05) is 0 Å². The van der Waals surface area contributed by atoms with Gasteiger partial charge in [-0.25, -0.2) is 8.42 Å². The third-order valence-corrected chi connectivity index (χ3v) is 5.90. The predicted molar refractivity (Wildman–Crippen MR) is 80.8 cm³/mol. The molecule has 0 bridgehead atoms. The Labute approximate surface area is 131 Å². The second kappa shape index (κ2) is 6.44. The molecule has 122 valence electrons. The molecular weight excluding hydrogens is 306 g/mol. The van der Waals surface area contributed by atoms with Crippen molar-refractivity contribution in [3.8, 4) is 11.5 Å². The maximum Gasteiger partial charge on any atom is 0.243 e. The fraction of sp³-hybridized carbons (Fsp3) is 0.600. The maximum atomic E-state index is 12.8. The Morgan fingerprint density at radius 2 is 2.05 bits per heavy atom. The summed E-state index contributed by atoms with van der Waals surface area (Å²) in [5, 5.41) is 0. The van der Waals surface area contributed by atoms with Gasteiger partial charge in [0, 0.05) is 26.3 Å². The number of hydrogen-bond acceptors (Lipinski definition) is 5. The molecule has 2 aliphatic rings. The van der Waals surface area contributed by atoms with E-state index in [4.69, 9.17) is 14.2 Å². The topological polar surface area (TPSA) is 65.1 Å². The average Bonchev–Trinajstić information content (AvgIpc) is 2.55. The van der Waals surface area contributed by atoms with Crippen molar-refractivity contribution < 1.29 is 22.6 Å². The first-order valence-electron chi connectivity index (χ1n) is 7.50. The van der Waals surface area contributed by atoms with Crippen molar-refractivity contribution in [1.82, 2.24) is 4.31 Å². The lowest BCUT2D eigenvalue weighted by molar-refractivity contribution is 0.118. The van der Waals surface area contributed by atoms with E-state index in [0.29, 0.717) is 44.4 Å². The fourth-order valence-corrected chi connectivity index (χ4v) is 4.52. The third-order valence-electron chi connectivity index (χ3n) is 4.04. The van der Waals surface area contributed by atoms with Crippen molar-refractivity contribution in [1.29, 1.82) is 0 Å². The molecule has 1 unspecified atom stereocenters. The first-order valence-corrected chi connectivity index (χ1v) is 8.94. The smallest absolute Gasteiger partial charge is 0.243 e. The Balaban J connectivity index is 1.83. The lowest BCUT2D eigenvalue weighted by atomic mass is 10.0. The zero-order valence-electron chi connectivity index (χ0n) is 12.7. The molecule has 0 N–H and O–H groups in total. The lowest BCUT2D eigenvalue weighted by Gasteiger charge is -2.31. The van der Waals surface area contributed by atoms with E-state index in [0.717, 1.165) is 12.8 Å². The summed E-state index contributed by atoms with van der Waals surface area (Å²) in [7, 11) is -1.86. The average molecular weight is 327 g/mol. The molecule has 0 aliphatic carbocycles. The van der Waals surface area contributed by atoms with Gasteiger partial charge in [-0.2, -0.15) is 4.31 Å². The monoisotopic (exact) mass is 327 g/mol. The number of fused-ring (bicyclic) bond motifs is 1. The molecule has 0 saturated carbocycles. The van der Waals surface area contributed by atoms with Gasteiger partial charge in [0.15, 0.2) is 11.5 Å². The van der Waals surface area contributed by atoms with Crippen molar-refractivity contribution in [3.63, 3.8) is 0 Å². The largest absolute Gasteiger partial charge is 0.486 e. The summed E-state index contributed by atoms with van der Waals surface area (Å²) in [6, 6.07) is 4.81. The highest BCUT2D eigenvalue weighted by atomic mass is 32.2. The van der Waals surface area contributed by atoms with Crippen LogP contribution in [-0.4, -0.2) is 52.7 Å². The molecule has 22 heavy (non-hydrogen) atoms. The van der Waals surface area contributed by atoms with Crippen LogP contribution < -0.4 is 9.47 Å². The molecule has 0 aromatic heterocycles. The molecule has 3 rings (SSSR count). The number of piperidine rings is 1. The fourth-order valence-electron chi connectivity index (χ4n) is 2.95. The molecule has 0 radical (unpaired) electrons. The van der Waals surface area contributed by atoms with Crippen molar-refractivity contribution in [2.45, 2.75) is 17.7 Å². The molecule has 1 fully saturated rings. The quantitative estimate of drug-likeness (QED) is 0.838. The van der Waals surface area contributed by atoms with E-state index in [1.165, 1.54) is 0 Å². The van der Waals surface area contributed by atoms with Crippen molar-refractivity contribution in [2.75, 3.05) is 40.0 Å². The van der Waals surface area contributed by atoms with Crippen LogP contribution in [0, 0.1) is 5.92 Å². The highest BCUT2D eigenvalue weighted by Gasteiger charge is 2.31. The van der Waals surface area contributed by atoms with Gasteiger partial charge in [-0.15, -0.1) is 0 Å².